The van der Waals surface area contributed by atoms with Crippen molar-refractivity contribution >= 4 is 23.4 Å². The summed E-state index contributed by atoms with van der Waals surface area (Å²) >= 11 is 6.19. The quantitative estimate of drug-likeness (QED) is 0.743. The van der Waals surface area contributed by atoms with Crippen molar-refractivity contribution in [1.29, 1.82) is 0 Å². The summed E-state index contributed by atoms with van der Waals surface area (Å²) in [6.45, 7) is 5.87. The molecule has 0 fully saturated rings. The highest BCUT2D eigenvalue weighted by atomic mass is 35.5. The van der Waals surface area contributed by atoms with Crippen LogP contribution in [0.2, 0.25) is 5.02 Å². The summed E-state index contributed by atoms with van der Waals surface area (Å²) in [5.74, 6) is -1.22. The zero-order valence-corrected chi connectivity index (χ0v) is 17.4. The Morgan fingerprint density at radius 2 is 1.96 bits per heavy atom. The van der Waals surface area contributed by atoms with E-state index in [1.54, 1.807) is 19.1 Å². The van der Waals surface area contributed by atoms with E-state index in [0.717, 1.165) is 5.70 Å². The number of dihydropyridines is 1. The lowest BCUT2D eigenvalue weighted by atomic mass is 9.68. The summed E-state index contributed by atoms with van der Waals surface area (Å²) in [6.07, 6.45) is 1.06. The number of phenolic OH excluding ortho intramolecular Hbond substituents is 1. The molecule has 28 heavy (non-hydrogen) atoms. The fourth-order valence-electron chi connectivity index (χ4n) is 4.07. The number of hydrogen-bond acceptors (Lipinski definition) is 6. The van der Waals surface area contributed by atoms with Gasteiger partial charge < -0.3 is 19.9 Å². The topological polar surface area (TPSA) is 84.9 Å². The number of allylic oxidation sites excluding steroid dienone is 3. The first kappa shape index (κ1) is 20.3. The van der Waals surface area contributed by atoms with Gasteiger partial charge in [0.1, 0.15) is 0 Å². The summed E-state index contributed by atoms with van der Waals surface area (Å²) < 4.78 is 10.2. The van der Waals surface area contributed by atoms with Crippen molar-refractivity contribution < 1.29 is 24.2 Å². The maximum atomic E-state index is 13.1. The van der Waals surface area contributed by atoms with E-state index in [0.29, 0.717) is 35.2 Å². The molecule has 6 nitrogen and oxygen atoms in total. The Balaban J connectivity index is 2.27. The number of carbonyl (C=O) groups excluding carboxylic acids is 2. The number of ketones is 1. The Morgan fingerprint density at radius 3 is 2.57 bits per heavy atom. The highest BCUT2D eigenvalue weighted by Gasteiger charge is 2.43. The lowest BCUT2D eigenvalue weighted by Crippen LogP contribution is -2.38. The number of halogens is 1. The van der Waals surface area contributed by atoms with E-state index in [1.807, 2.05) is 13.8 Å². The fourth-order valence-corrected chi connectivity index (χ4v) is 4.29. The van der Waals surface area contributed by atoms with Crippen LogP contribution in [0.5, 0.6) is 11.5 Å². The number of aromatic hydroxyl groups is 1. The maximum Gasteiger partial charge on any atom is 0.336 e. The molecule has 1 aromatic carbocycles. The number of rotatable bonds is 3. The molecule has 150 valence electrons. The van der Waals surface area contributed by atoms with Gasteiger partial charge in [-0.3, -0.25) is 4.79 Å². The average molecular weight is 406 g/mol. The number of methoxy groups -OCH3 is 2. The minimum absolute atomic E-state index is 0.0270. The third-order valence-electron chi connectivity index (χ3n) is 5.25. The van der Waals surface area contributed by atoms with Gasteiger partial charge in [-0.1, -0.05) is 25.4 Å². The number of esters is 1. The van der Waals surface area contributed by atoms with Crippen molar-refractivity contribution in [2.75, 3.05) is 14.2 Å². The third kappa shape index (κ3) is 3.37. The Bertz CT molecular complexity index is 929. The first-order valence-electron chi connectivity index (χ1n) is 8.98. The minimum atomic E-state index is -0.653. The fraction of sp³-hybridized carbons (Fsp3) is 0.429. The normalized spacial score (nSPS) is 21.2. The van der Waals surface area contributed by atoms with E-state index < -0.39 is 11.9 Å². The van der Waals surface area contributed by atoms with Gasteiger partial charge >= 0.3 is 5.97 Å². The molecule has 2 aliphatic rings. The van der Waals surface area contributed by atoms with Gasteiger partial charge in [-0.2, -0.15) is 0 Å². The van der Waals surface area contributed by atoms with Crippen molar-refractivity contribution in [2.45, 2.75) is 39.5 Å². The molecule has 1 aliphatic heterocycles. The highest BCUT2D eigenvalue weighted by molar-refractivity contribution is 6.32. The zero-order valence-electron chi connectivity index (χ0n) is 16.6. The summed E-state index contributed by atoms with van der Waals surface area (Å²) in [4.78, 5) is 25.7. The van der Waals surface area contributed by atoms with Crippen LogP contribution in [0.15, 0.2) is 34.7 Å². The average Bonchev–Trinajstić information content (AvgIpc) is 2.61. The largest absolute Gasteiger partial charge is 0.503 e. The molecule has 0 saturated heterocycles. The predicted octanol–water partition coefficient (Wildman–Crippen LogP) is 3.83. The molecule has 3 rings (SSSR count). The van der Waals surface area contributed by atoms with Crippen molar-refractivity contribution in [2.24, 2.45) is 5.41 Å². The van der Waals surface area contributed by atoms with Crippen LogP contribution >= 0.6 is 11.6 Å². The van der Waals surface area contributed by atoms with Gasteiger partial charge in [-0.25, -0.2) is 4.79 Å². The molecule has 0 aromatic heterocycles. The molecule has 0 saturated carbocycles. The molecule has 1 heterocycles. The highest BCUT2D eigenvalue weighted by Crippen LogP contribution is 2.48. The number of benzene rings is 1. The molecule has 1 atom stereocenters. The molecule has 2 N–H and O–H groups in total. The third-order valence-corrected chi connectivity index (χ3v) is 5.54. The monoisotopic (exact) mass is 405 g/mol. The predicted molar refractivity (Wildman–Crippen MR) is 105 cm³/mol. The van der Waals surface area contributed by atoms with Crippen molar-refractivity contribution in [1.82, 2.24) is 5.32 Å². The summed E-state index contributed by atoms with van der Waals surface area (Å²) in [7, 11) is 2.72. The number of hydrogen-bond donors (Lipinski definition) is 2. The van der Waals surface area contributed by atoms with Crippen LogP contribution in [0.4, 0.5) is 0 Å². The summed E-state index contributed by atoms with van der Waals surface area (Å²) in [5.41, 5.74) is 2.72. The molecule has 0 amide bonds. The second-order valence-electron chi connectivity index (χ2n) is 7.98. The Hall–Kier alpha value is -2.47. The van der Waals surface area contributed by atoms with E-state index >= 15 is 0 Å². The van der Waals surface area contributed by atoms with Crippen LogP contribution < -0.4 is 10.1 Å². The zero-order chi connectivity index (χ0) is 20.8. The van der Waals surface area contributed by atoms with Crippen LogP contribution in [0.1, 0.15) is 45.1 Å². The van der Waals surface area contributed by atoms with Gasteiger partial charge in [-0.05, 0) is 36.5 Å². The Morgan fingerprint density at radius 1 is 1.29 bits per heavy atom. The second kappa shape index (κ2) is 7.17. The standard InChI is InChI=1S/C21H24ClNO5/c1-10-16(20(26)28-5)17(11-6-12(22)19(25)15(7-11)27-4)18-13(23-10)8-21(2,3)9-14(18)24/h6-7,17,23,25H,8-9H2,1-5H3/t17-/m0/s1. The van der Waals surface area contributed by atoms with E-state index in [4.69, 9.17) is 21.1 Å². The van der Waals surface area contributed by atoms with Gasteiger partial charge in [-0.15, -0.1) is 0 Å². The van der Waals surface area contributed by atoms with Gasteiger partial charge in [0, 0.05) is 29.3 Å². The van der Waals surface area contributed by atoms with Crippen molar-refractivity contribution in [3.63, 3.8) is 0 Å². The number of nitrogens with one attached hydrogen (secondary N) is 1. The molecular weight excluding hydrogens is 382 g/mol. The smallest absolute Gasteiger partial charge is 0.336 e. The van der Waals surface area contributed by atoms with E-state index in [1.165, 1.54) is 14.2 Å². The molecule has 0 unspecified atom stereocenters. The van der Waals surface area contributed by atoms with Gasteiger partial charge in [0.2, 0.25) is 0 Å². The van der Waals surface area contributed by atoms with Crippen LogP contribution in [0.25, 0.3) is 0 Å². The minimum Gasteiger partial charge on any atom is -0.503 e. The molecule has 7 heteroatoms. The van der Waals surface area contributed by atoms with Gasteiger partial charge in [0.15, 0.2) is 17.3 Å². The SMILES string of the molecule is COC(=O)C1=C(C)NC2=C(C(=O)CC(C)(C)C2)[C@H]1c1cc(Cl)c(O)c(OC)c1. The first-order valence-corrected chi connectivity index (χ1v) is 9.36. The molecule has 0 spiro atoms. The van der Waals surface area contributed by atoms with Crippen LogP contribution in [0, 0.1) is 5.41 Å². The van der Waals surface area contributed by atoms with Crippen molar-refractivity contribution in [3.05, 3.63) is 45.3 Å². The molecule has 1 aliphatic carbocycles. The number of Topliss-reactive ketones (excluding diaryl/α,β-unsaturated/α-hetero) is 1. The van der Waals surface area contributed by atoms with Gasteiger partial charge in [0.05, 0.1) is 24.8 Å². The van der Waals surface area contributed by atoms with Crippen LogP contribution in [0.3, 0.4) is 0 Å². The Kier molecular flexibility index (Phi) is 5.19. The van der Waals surface area contributed by atoms with E-state index in [2.05, 4.69) is 5.32 Å². The molecule has 0 bridgehead atoms. The molecule has 0 radical (unpaired) electrons. The Labute approximate surface area is 169 Å². The molecular formula is C21H24ClNO5. The lowest BCUT2D eigenvalue weighted by molar-refractivity contribution is -0.136. The van der Waals surface area contributed by atoms with Gasteiger partial charge in [0.25, 0.3) is 0 Å². The number of phenols is 1. The van der Waals surface area contributed by atoms with Crippen molar-refractivity contribution in [3.8, 4) is 11.5 Å². The van der Waals surface area contributed by atoms with Crippen LogP contribution in [-0.2, 0) is 14.3 Å². The summed E-state index contributed by atoms with van der Waals surface area (Å²) in [6, 6.07) is 3.16. The van der Waals surface area contributed by atoms with Crippen LogP contribution in [-0.4, -0.2) is 31.1 Å². The van der Waals surface area contributed by atoms with E-state index in [-0.39, 0.29) is 27.7 Å². The number of ether oxygens (including phenoxy) is 2. The van der Waals surface area contributed by atoms with E-state index in [9.17, 15) is 14.7 Å². The summed E-state index contributed by atoms with van der Waals surface area (Å²) in [5, 5.41) is 13.4. The second-order valence-corrected chi connectivity index (χ2v) is 8.38. The molecule has 1 aromatic rings. The number of carbonyl (C=O) groups is 2. The lowest BCUT2D eigenvalue weighted by Gasteiger charge is -2.39. The maximum absolute atomic E-state index is 13.1. The first-order chi connectivity index (χ1) is 13.1.